The molecule has 5 aromatic rings. The first kappa shape index (κ1) is 33.7. The number of anilines is 3. The number of fused-ring (bicyclic) bond motifs is 1. The highest BCUT2D eigenvalue weighted by atomic mass is 19.4. The third kappa shape index (κ3) is 8.09. The van der Waals surface area contributed by atoms with E-state index in [1.165, 1.54) is 0 Å². The fourth-order valence-electron chi connectivity index (χ4n) is 4.20. The number of nitrogens with one attached hydrogen (secondary N) is 2. The maximum atomic E-state index is 12.6. The van der Waals surface area contributed by atoms with Crippen molar-refractivity contribution in [3.05, 3.63) is 60.3 Å². The van der Waals surface area contributed by atoms with Gasteiger partial charge < -0.3 is 36.5 Å². The number of aryl methyl sites for hydroxylation is 1. The third-order valence-electron chi connectivity index (χ3n) is 6.29. The van der Waals surface area contributed by atoms with E-state index < -0.39 is 18.2 Å². The van der Waals surface area contributed by atoms with E-state index in [4.69, 9.17) is 41.0 Å². The largest absolute Gasteiger partial charge is 0.490 e. The summed E-state index contributed by atoms with van der Waals surface area (Å²) in [5.74, 6) is -1.64. The van der Waals surface area contributed by atoms with Crippen LogP contribution in [0, 0.1) is 11.3 Å². The first-order valence-electron chi connectivity index (χ1n) is 13.8. The normalized spacial score (nSPS) is 10.9. The number of aromatic nitrogens is 5. The lowest BCUT2D eigenvalue weighted by molar-refractivity contribution is -0.192. The Hall–Kier alpha value is -6.22. The van der Waals surface area contributed by atoms with Crippen LogP contribution in [0.15, 0.2) is 59.4 Å². The number of nitrogens with two attached hydrogens (primary N) is 2. The molecule has 0 fully saturated rings. The number of hydrogen-bond donors (Lipinski definition) is 5. The van der Waals surface area contributed by atoms with Gasteiger partial charge in [-0.15, -0.1) is 0 Å². The molecular formula is C29H27F3N10O5. The van der Waals surface area contributed by atoms with Gasteiger partial charge in [0.1, 0.15) is 11.0 Å². The molecule has 15 nitrogen and oxygen atoms in total. The van der Waals surface area contributed by atoms with Crippen LogP contribution in [-0.2, 0) is 11.3 Å². The maximum absolute atomic E-state index is 12.6. The molecule has 0 spiro atoms. The van der Waals surface area contributed by atoms with Gasteiger partial charge in [-0.25, -0.2) is 24.2 Å². The van der Waals surface area contributed by atoms with E-state index in [2.05, 4.69) is 25.9 Å². The zero-order valence-corrected chi connectivity index (χ0v) is 24.6. The summed E-state index contributed by atoms with van der Waals surface area (Å²) >= 11 is 0. The third-order valence-corrected chi connectivity index (χ3v) is 6.29. The highest BCUT2D eigenvalue weighted by molar-refractivity contribution is 6.01. The van der Waals surface area contributed by atoms with Crippen LogP contribution >= 0.6 is 0 Å². The van der Waals surface area contributed by atoms with Crippen molar-refractivity contribution in [2.24, 2.45) is 5.73 Å². The minimum Gasteiger partial charge on any atom is -0.490 e. The van der Waals surface area contributed by atoms with E-state index >= 15 is 0 Å². The van der Waals surface area contributed by atoms with Crippen LogP contribution in [0.5, 0.6) is 5.75 Å². The summed E-state index contributed by atoms with van der Waals surface area (Å²) in [7, 11) is 0. The van der Waals surface area contributed by atoms with Gasteiger partial charge in [-0.1, -0.05) is 12.1 Å². The number of nitrogen functional groups attached to an aromatic ring is 1. The molecule has 2 amide bonds. The molecule has 18 heteroatoms. The lowest BCUT2D eigenvalue weighted by Gasteiger charge is -2.12. The number of nitrogens with zero attached hydrogens (tertiary/aromatic N) is 6. The van der Waals surface area contributed by atoms with Crippen LogP contribution in [0.25, 0.3) is 33.8 Å². The molecule has 244 valence electrons. The number of rotatable bonds is 9. The first-order valence-corrected chi connectivity index (χ1v) is 13.8. The standard InChI is InChI=1S/C27H26N10O3.C2HF3O2/c1-2-37-24-20(39-12-4-11-28)15-31-21(22(24)34-26(37)23-25(30)36-40-35-23)17-5-3-6-19(13-17)33-27(38)32-18-9-7-16(14-29)8-10-18;3-2(4,5)1(6)7/h3,5-10,13,15H,2,4,11-12,28H2,1H3,(H2,30,36)(H2,32,33,38);(H,6,7). The molecule has 0 saturated heterocycles. The van der Waals surface area contributed by atoms with E-state index in [-0.39, 0.29) is 5.82 Å². The molecule has 0 aliphatic rings. The van der Waals surface area contributed by atoms with E-state index in [0.29, 0.717) is 82.6 Å². The van der Waals surface area contributed by atoms with Crippen molar-refractivity contribution in [2.75, 3.05) is 29.5 Å². The molecule has 3 heterocycles. The SMILES string of the molecule is CCn1c(-c2nonc2N)nc2c(-c3cccc(NC(=O)Nc4ccc(C#N)cc4)c3)ncc(OCCCN)c21.O=C(O)C(F)(F)F. The minimum atomic E-state index is -5.08. The summed E-state index contributed by atoms with van der Waals surface area (Å²) in [4.78, 5) is 31.1. The van der Waals surface area contributed by atoms with Gasteiger partial charge in [0.15, 0.2) is 23.1 Å². The zero-order valence-electron chi connectivity index (χ0n) is 24.6. The number of halogens is 3. The highest BCUT2D eigenvalue weighted by Crippen LogP contribution is 2.37. The van der Waals surface area contributed by atoms with Crippen molar-refractivity contribution in [3.8, 4) is 34.6 Å². The quantitative estimate of drug-likeness (QED) is 0.137. The van der Waals surface area contributed by atoms with Crippen LogP contribution in [0.1, 0.15) is 18.9 Å². The fourth-order valence-corrected chi connectivity index (χ4v) is 4.20. The number of hydrogen-bond acceptors (Lipinski definition) is 11. The number of benzene rings is 2. The molecule has 5 rings (SSSR count). The van der Waals surface area contributed by atoms with Crippen LogP contribution in [0.3, 0.4) is 0 Å². The summed E-state index contributed by atoms with van der Waals surface area (Å²) in [5, 5.41) is 29.3. The number of carbonyl (C=O) groups excluding carboxylic acids is 1. The van der Waals surface area contributed by atoms with E-state index in [9.17, 15) is 18.0 Å². The van der Waals surface area contributed by atoms with Gasteiger partial charge in [0.2, 0.25) is 0 Å². The fraction of sp³-hybridized carbons (Fsp3) is 0.207. The molecule has 0 atom stereocenters. The predicted molar refractivity (Wildman–Crippen MR) is 163 cm³/mol. The van der Waals surface area contributed by atoms with Crippen molar-refractivity contribution in [3.63, 3.8) is 0 Å². The van der Waals surface area contributed by atoms with Crippen LogP contribution in [-0.4, -0.2) is 61.3 Å². The molecule has 0 aliphatic heterocycles. The van der Waals surface area contributed by atoms with Gasteiger partial charge in [0.25, 0.3) is 0 Å². The molecule has 3 aromatic heterocycles. The zero-order chi connectivity index (χ0) is 34.1. The summed E-state index contributed by atoms with van der Waals surface area (Å²) in [6, 6.07) is 15.4. The number of nitriles is 1. The summed E-state index contributed by atoms with van der Waals surface area (Å²) < 4.78 is 44.5. The Morgan fingerprint density at radius 1 is 1.11 bits per heavy atom. The van der Waals surface area contributed by atoms with Crippen LogP contribution in [0.4, 0.5) is 35.2 Å². The van der Waals surface area contributed by atoms with Gasteiger partial charge in [-0.3, -0.25) is 0 Å². The number of carboxylic acids is 1. The van der Waals surface area contributed by atoms with Crippen molar-refractivity contribution >= 4 is 40.2 Å². The Morgan fingerprint density at radius 3 is 2.40 bits per heavy atom. The summed E-state index contributed by atoms with van der Waals surface area (Å²) in [6.45, 7) is 3.41. The van der Waals surface area contributed by atoms with Crippen molar-refractivity contribution < 1.29 is 37.2 Å². The molecule has 0 aliphatic carbocycles. The predicted octanol–water partition coefficient (Wildman–Crippen LogP) is 4.63. The van der Waals surface area contributed by atoms with Crippen LogP contribution in [0.2, 0.25) is 0 Å². The van der Waals surface area contributed by atoms with Crippen LogP contribution < -0.4 is 26.8 Å². The first-order chi connectivity index (χ1) is 22.5. The molecular weight excluding hydrogens is 625 g/mol. The number of carbonyl (C=O) groups is 2. The smallest absolute Gasteiger partial charge is 0.490 e. The van der Waals surface area contributed by atoms with Crippen molar-refractivity contribution in [1.29, 1.82) is 5.26 Å². The van der Waals surface area contributed by atoms with E-state index in [0.717, 1.165) is 0 Å². The van der Waals surface area contributed by atoms with Crippen molar-refractivity contribution in [2.45, 2.75) is 26.1 Å². The molecule has 2 aromatic carbocycles. The number of carboxylic acid groups (broad SMARTS) is 1. The summed E-state index contributed by atoms with van der Waals surface area (Å²) in [5.41, 5.74) is 16.1. The minimum absolute atomic E-state index is 0.115. The van der Waals surface area contributed by atoms with Gasteiger partial charge >= 0.3 is 18.2 Å². The lowest BCUT2D eigenvalue weighted by Crippen LogP contribution is -2.21. The molecule has 0 saturated carbocycles. The molecule has 7 N–H and O–H groups in total. The monoisotopic (exact) mass is 652 g/mol. The second-order valence-electron chi connectivity index (χ2n) is 9.49. The van der Waals surface area contributed by atoms with Crippen molar-refractivity contribution in [1.82, 2.24) is 24.8 Å². The number of ether oxygens (including phenoxy) is 1. The molecule has 0 unspecified atom stereocenters. The second kappa shape index (κ2) is 14.7. The number of amides is 2. The van der Waals surface area contributed by atoms with Gasteiger partial charge in [-0.2, -0.15) is 18.4 Å². The number of urea groups is 1. The Bertz CT molecular complexity index is 1920. The Labute approximate surface area is 263 Å². The number of imidazole rings is 1. The number of pyridine rings is 1. The average Bonchev–Trinajstić information content (AvgIpc) is 3.64. The number of alkyl halides is 3. The Kier molecular flexibility index (Phi) is 10.5. The van der Waals surface area contributed by atoms with Gasteiger partial charge in [0, 0.05) is 23.5 Å². The Balaban J connectivity index is 0.000000644. The van der Waals surface area contributed by atoms with Gasteiger partial charge in [-0.05, 0) is 66.6 Å². The molecule has 0 bridgehead atoms. The van der Waals surface area contributed by atoms with E-state index in [1.54, 1.807) is 42.6 Å². The topological polar surface area (TPSA) is 233 Å². The van der Waals surface area contributed by atoms with E-state index in [1.807, 2.05) is 29.7 Å². The van der Waals surface area contributed by atoms with Gasteiger partial charge in [0.05, 0.1) is 30.1 Å². The maximum Gasteiger partial charge on any atom is 0.490 e. The molecule has 47 heavy (non-hydrogen) atoms. The Morgan fingerprint density at radius 2 is 1.81 bits per heavy atom. The highest BCUT2D eigenvalue weighted by Gasteiger charge is 2.38. The summed E-state index contributed by atoms with van der Waals surface area (Å²) in [6.07, 6.45) is -2.76. The average molecular weight is 653 g/mol. The lowest BCUT2D eigenvalue weighted by atomic mass is 10.1. The number of aliphatic carboxylic acids is 1. The second-order valence-corrected chi connectivity index (χ2v) is 9.49. The molecule has 0 radical (unpaired) electrons.